The summed E-state index contributed by atoms with van der Waals surface area (Å²) >= 11 is 0. The molecule has 0 aromatic rings. The van der Waals surface area contributed by atoms with Crippen molar-refractivity contribution < 1.29 is 9.59 Å². The lowest BCUT2D eigenvalue weighted by atomic mass is 9.86. The van der Waals surface area contributed by atoms with Crippen LogP contribution in [0.15, 0.2) is 0 Å². The summed E-state index contributed by atoms with van der Waals surface area (Å²) in [7, 11) is 1.64. The van der Waals surface area contributed by atoms with E-state index in [1.165, 1.54) is 0 Å². The van der Waals surface area contributed by atoms with Crippen LogP contribution in [0.2, 0.25) is 0 Å². The number of halogens is 2. The first kappa shape index (κ1) is 23.7. The molecule has 1 fully saturated rings. The van der Waals surface area contributed by atoms with E-state index in [4.69, 9.17) is 5.73 Å². The number of nitrogens with zero attached hydrogens (tertiary/aromatic N) is 1. The third-order valence-corrected chi connectivity index (χ3v) is 3.80. The summed E-state index contributed by atoms with van der Waals surface area (Å²) in [6.45, 7) is 7.96. The van der Waals surface area contributed by atoms with Gasteiger partial charge in [-0.2, -0.15) is 0 Å². The van der Waals surface area contributed by atoms with Gasteiger partial charge < -0.3 is 16.4 Å². The molecule has 1 heterocycles. The number of hydrogen-bond donors (Lipinski definition) is 3. The number of rotatable bonds is 4. The maximum atomic E-state index is 12.0. The number of amides is 2. The summed E-state index contributed by atoms with van der Waals surface area (Å²) in [6, 6.07) is -0.330. The monoisotopic (exact) mass is 356 g/mol. The van der Waals surface area contributed by atoms with E-state index in [-0.39, 0.29) is 48.1 Å². The Hall–Kier alpha value is -0.560. The topological polar surface area (TPSA) is 87.5 Å². The average molecular weight is 357 g/mol. The van der Waals surface area contributed by atoms with Crippen LogP contribution < -0.4 is 16.4 Å². The summed E-state index contributed by atoms with van der Waals surface area (Å²) in [5, 5.41) is 5.64. The molecule has 22 heavy (non-hydrogen) atoms. The first-order valence-electron chi connectivity index (χ1n) is 7.23. The first-order chi connectivity index (χ1) is 9.24. The maximum absolute atomic E-state index is 12.0. The molecule has 0 bridgehead atoms. The van der Waals surface area contributed by atoms with Crippen LogP contribution in [0, 0.1) is 5.41 Å². The van der Waals surface area contributed by atoms with Crippen molar-refractivity contribution in [2.24, 2.45) is 11.1 Å². The van der Waals surface area contributed by atoms with E-state index in [1.807, 2.05) is 20.8 Å². The van der Waals surface area contributed by atoms with Crippen LogP contribution in [0.4, 0.5) is 0 Å². The summed E-state index contributed by atoms with van der Waals surface area (Å²) < 4.78 is 0. The molecule has 0 aliphatic carbocycles. The van der Waals surface area contributed by atoms with Gasteiger partial charge in [-0.05, 0) is 18.3 Å². The van der Waals surface area contributed by atoms with Gasteiger partial charge in [0.05, 0.1) is 12.6 Å². The summed E-state index contributed by atoms with van der Waals surface area (Å²) in [5.74, 6) is -0.0514. The molecule has 1 rings (SSSR count). The van der Waals surface area contributed by atoms with Crippen molar-refractivity contribution in [3.05, 3.63) is 0 Å². The number of nitrogens with one attached hydrogen (secondary N) is 2. The minimum atomic E-state index is -0.494. The first-order valence-corrected chi connectivity index (χ1v) is 7.23. The summed E-state index contributed by atoms with van der Waals surface area (Å²) in [5.41, 5.74) is 5.72. The largest absolute Gasteiger partial charge is 0.358 e. The number of likely N-dealkylation sites (tertiary alicyclic amines) is 1. The Bertz CT molecular complexity index is 353. The van der Waals surface area contributed by atoms with Gasteiger partial charge in [0.2, 0.25) is 11.8 Å². The third kappa shape index (κ3) is 7.63. The normalized spacial score (nSPS) is 17.7. The summed E-state index contributed by atoms with van der Waals surface area (Å²) in [6.07, 6.45) is 1.72. The highest BCUT2D eigenvalue weighted by Gasteiger charge is 2.30. The lowest BCUT2D eigenvalue weighted by molar-refractivity contribution is -0.126. The molecule has 132 valence electrons. The van der Waals surface area contributed by atoms with Crippen LogP contribution in [-0.4, -0.2) is 55.5 Å². The van der Waals surface area contributed by atoms with E-state index in [0.717, 1.165) is 25.9 Å². The molecule has 0 radical (unpaired) electrons. The smallest absolute Gasteiger partial charge is 0.237 e. The Kier molecular flexibility index (Phi) is 11.1. The second-order valence-electron chi connectivity index (χ2n) is 6.58. The molecule has 1 aliphatic heterocycles. The number of carbonyl (C=O) groups excluding carboxylic acids is 2. The third-order valence-electron chi connectivity index (χ3n) is 3.80. The van der Waals surface area contributed by atoms with Crippen molar-refractivity contribution in [2.45, 2.75) is 45.7 Å². The van der Waals surface area contributed by atoms with Gasteiger partial charge in [0.15, 0.2) is 0 Å². The Morgan fingerprint density at radius 2 is 1.73 bits per heavy atom. The summed E-state index contributed by atoms with van der Waals surface area (Å²) in [4.78, 5) is 25.5. The van der Waals surface area contributed by atoms with Crippen molar-refractivity contribution >= 4 is 36.6 Å². The average Bonchev–Trinajstić information content (AvgIpc) is 2.38. The minimum absolute atomic E-state index is 0. The number of carbonyl (C=O) groups is 2. The van der Waals surface area contributed by atoms with Gasteiger partial charge in [0.1, 0.15) is 0 Å². The molecular formula is C14H30Cl2N4O2. The Morgan fingerprint density at radius 1 is 1.23 bits per heavy atom. The highest BCUT2D eigenvalue weighted by Crippen LogP contribution is 2.18. The van der Waals surface area contributed by atoms with Crippen LogP contribution in [0.25, 0.3) is 0 Å². The fourth-order valence-electron chi connectivity index (χ4n) is 2.20. The standard InChI is InChI=1S/C14H28N4O2.2ClH/c1-14(2,3)12(15)13(20)17-10-5-7-18(8-6-10)9-11(19)16-4;;/h10,12H,5-9,15H2,1-4H3,(H,16,19)(H,17,20);2*1H/t12-;;/m1../s1. The molecule has 8 heteroatoms. The van der Waals surface area contributed by atoms with Crippen molar-refractivity contribution in [3.63, 3.8) is 0 Å². The fourth-order valence-corrected chi connectivity index (χ4v) is 2.20. The lowest BCUT2D eigenvalue weighted by Crippen LogP contribution is -2.54. The van der Waals surface area contributed by atoms with Gasteiger partial charge in [-0.1, -0.05) is 20.8 Å². The number of likely N-dealkylation sites (N-methyl/N-ethyl adjacent to an activating group) is 1. The van der Waals surface area contributed by atoms with Gasteiger partial charge in [0, 0.05) is 26.2 Å². The van der Waals surface area contributed by atoms with Crippen molar-refractivity contribution in [1.82, 2.24) is 15.5 Å². The minimum Gasteiger partial charge on any atom is -0.358 e. The van der Waals surface area contributed by atoms with E-state index in [1.54, 1.807) is 7.05 Å². The molecule has 6 nitrogen and oxygen atoms in total. The molecule has 1 aliphatic rings. The number of nitrogens with two attached hydrogens (primary N) is 1. The Labute approximate surface area is 145 Å². The van der Waals surface area contributed by atoms with Crippen molar-refractivity contribution in [1.29, 1.82) is 0 Å². The lowest BCUT2D eigenvalue weighted by Gasteiger charge is -2.33. The van der Waals surface area contributed by atoms with Gasteiger partial charge in [-0.3, -0.25) is 14.5 Å². The molecule has 0 aromatic carbocycles. The number of hydrogen-bond acceptors (Lipinski definition) is 4. The highest BCUT2D eigenvalue weighted by molar-refractivity contribution is 5.85. The van der Waals surface area contributed by atoms with Gasteiger partial charge in [0.25, 0.3) is 0 Å². The van der Waals surface area contributed by atoms with Gasteiger partial charge in [-0.25, -0.2) is 0 Å². The van der Waals surface area contributed by atoms with Crippen LogP contribution >= 0.6 is 24.8 Å². The molecule has 1 atom stereocenters. The number of piperidine rings is 1. The maximum Gasteiger partial charge on any atom is 0.237 e. The zero-order valence-corrected chi connectivity index (χ0v) is 15.5. The van der Waals surface area contributed by atoms with E-state index in [2.05, 4.69) is 15.5 Å². The van der Waals surface area contributed by atoms with E-state index < -0.39 is 6.04 Å². The van der Waals surface area contributed by atoms with Gasteiger partial charge in [-0.15, -0.1) is 24.8 Å². The Balaban J connectivity index is 0. The second kappa shape index (κ2) is 10.3. The molecule has 2 amide bonds. The van der Waals surface area contributed by atoms with Crippen LogP contribution in [0.3, 0.4) is 0 Å². The quantitative estimate of drug-likeness (QED) is 0.685. The van der Waals surface area contributed by atoms with Crippen LogP contribution in [0.5, 0.6) is 0 Å². The van der Waals surface area contributed by atoms with E-state index in [0.29, 0.717) is 6.54 Å². The van der Waals surface area contributed by atoms with Crippen LogP contribution in [0.1, 0.15) is 33.6 Å². The SMILES string of the molecule is CNC(=O)CN1CCC(NC(=O)[C@@H](N)C(C)(C)C)CC1.Cl.Cl. The molecule has 0 unspecified atom stereocenters. The molecule has 0 saturated carbocycles. The zero-order valence-electron chi connectivity index (χ0n) is 13.8. The molecule has 1 saturated heterocycles. The van der Waals surface area contributed by atoms with E-state index in [9.17, 15) is 9.59 Å². The van der Waals surface area contributed by atoms with Crippen LogP contribution in [-0.2, 0) is 9.59 Å². The van der Waals surface area contributed by atoms with Crippen molar-refractivity contribution in [3.8, 4) is 0 Å². The predicted molar refractivity (Wildman–Crippen MR) is 93.6 cm³/mol. The highest BCUT2D eigenvalue weighted by atomic mass is 35.5. The van der Waals surface area contributed by atoms with Gasteiger partial charge >= 0.3 is 0 Å². The zero-order chi connectivity index (χ0) is 15.3. The predicted octanol–water partition coefficient (Wildman–Crippen LogP) is 0.530. The molecule has 0 spiro atoms. The van der Waals surface area contributed by atoms with Crippen molar-refractivity contribution in [2.75, 3.05) is 26.7 Å². The molecule has 0 aromatic heterocycles. The Morgan fingerprint density at radius 3 is 2.14 bits per heavy atom. The van der Waals surface area contributed by atoms with E-state index >= 15 is 0 Å². The second-order valence-corrected chi connectivity index (χ2v) is 6.58. The molecule has 4 N–H and O–H groups in total. The molecular weight excluding hydrogens is 327 g/mol. The fraction of sp³-hybridized carbons (Fsp3) is 0.857.